The smallest absolute Gasteiger partial charge is 0.353 e. The van der Waals surface area contributed by atoms with Crippen LogP contribution in [0.4, 0.5) is 0 Å². The van der Waals surface area contributed by atoms with E-state index in [0.717, 1.165) is 30.1 Å². The number of aliphatic hydroxyl groups is 1. The Kier molecular flexibility index (Phi) is 5.20. The molecular formula is C19H28N5O4S+. The second-order valence-electron chi connectivity index (χ2n) is 8.34. The lowest BCUT2D eigenvalue weighted by atomic mass is 9.79. The molecule has 0 aliphatic carbocycles. The Hall–Kier alpha value is -1.91. The molecule has 10 heteroatoms. The van der Waals surface area contributed by atoms with Crippen LogP contribution >= 0.6 is 11.8 Å². The highest BCUT2D eigenvalue weighted by atomic mass is 32.2. The Bertz CT molecular complexity index is 862. The van der Waals surface area contributed by atoms with Gasteiger partial charge >= 0.3 is 5.97 Å². The first-order chi connectivity index (χ1) is 13.7. The van der Waals surface area contributed by atoms with Crippen molar-refractivity contribution in [2.24, 2.45) is 25.9 Å². The molecule has 0 radical (unpaired) electrons. The zero-order valence-corrected chi connectivity index (χ0v) is 17.9. The largest absolute Gasteiger partial charge is 0.477 e. The maximum atomic E-state index is 12.5. The van der Waals surface area contributed by atoms with Gasteiger partial charge in [-0.15, -0.1) is 16.4 Å². The standard InChI is InChI=1S/C19H27N5O4S/c1-9-15-14(10(2)25)18(26)24(15)16(19(27)28)17(9)29-12-5-11(20-7-12)6-13-22(3)8-21-23(13)4/h8-12,14-15,20,25H,5-7H2,1-4H3/p+1/t9-,10-,11+,12+,14-,15-/m1/s1. The maximum Gasteiger partial charge on any atom is 0.353 e. The number of carboxylic acids is 1. The molecule has 4 heterocycles. The van der Waals surface area contributed by atoms with E-state index in [2.05, 4.69) is 10.4 Å². The molecule has 1 amide bonds. The number of aryl methyl sites for hydroxylation is 2. The minimum atomic E-state index is -1.07. The molecule has 0 bridgehead atoms. The van der Waals surface area contributed by atoms with Crippen LogP contribution in [0.25, 0.3) is 0 Å². The third kappa shape index (κ3) is 3.27. The highest BCUT2D eigenvalue weighted by Gasteiger charge is 2.60. The number of thioether (sulfide) groups is 1. The summed E-state index contributed by atoms with van der Waals surface area (Å²) in [7, 11) is 3.91. The second-order valence-corrected chi connectivity index (χ2v) is 9.68. The quantitative estimate of drug-likeness (QED) is 0.415. The molecule has 2 saturated heterocycles. The van der Waals surface area contributed by atoms with Crippen molar-refractivity contribution in [1.29, 1.82) is 0 Å². The van der Waals surface area contributed by atoms with Crippen molar-refractivity contribution in [2.45, 2.75) is 50.1 Å². The van der Waals surface area contributed by atoms with E-state index in [-0.39, 0.29) is 28.8 Å². The third-order valence-electron chi connectivity index (χ3n) is 6.39. The molecule has 158 valence electrons. The Labute approximate surface area is 173 Å². The number of rotatable bonds is 6. The Morgan fingerprint density at radius 2 is 2.24 bits per heavy atom. The highest BCUT2D eigenvalue weighted by molar-refractivity contribution is 8.03. The molecule has 6 atom stereocenters. The monoisotopic (exact) mass is 422 g/mol. The van der Waals surface area contributed by atoms with Gasteiger partial charge < -0.3 is 20.4 Å². The third-order valence-corrected chi connectivity index (χ3v) is 7.91. The zero-order valence-electron chi connectivity index (χ0n) is 17.1. The minimum absolute atomic E-state index is 0.0858. The molecule has 9 nitrogen and oxygen atoms in total. The number of carbonyl (C=O) groups is 2. The molecule has 1 aromatic heterocycles. The molecule has 4 rings (SSSR count). The van der Waals surface area contributed by atoms with E-state index in [1.165, 1.54) is 4.90 Å². The summed E-state index contributed by atoms with van der Waals surface area (Å²) in [5, 5.41) is 27.8. The minimum Gasteiger partial charge on any atom is -0.477 e. The van der Waals surface area contributed by atoms with Crippen molar-refractivity contribution in [3.8, 4) is 0 Å². The lowest BCUT2D eigenvalue weighted by Crippen LogP contribution is -2.63. The van der Waals surface area contributed by atoms with Crippen molar-refractivity contribution in [1.82, 2.24) is 20.0 Å². The van der Waals surface area contributed by atoms with Crippen molar-refractivity contribution in [3.05, 3.63) is 22.8 Å². The number of carboxylic acid groups (broad SMARTS) is 1. The number of aliphatic hydroxyl groups excluding tert-OH is 1. The Balaban J connectivity index is 1.48. The summed E-state index contributed by atoms with van der Waals surface area (Å²) in [6.07, 6.45) is 2.78. The molecule has 2 fully saturated rings. The maximum absolute atomic E-state index is 12.5. The SMILES string of the molecule is C[C@@H](O)[C@H]1C(=O)N2C(C(=O)O)=C(S[C@@H]3CN[C@H](Cc4n(C)nc[n+]4C)C3)[C@H](C)[C@H]12. The number of β-lactam (4-membered cyclic amide) rings is 1. The Morgan fingerprint density at radius 3 is 2.83 bits per heavy atom. The van der Waals surface area contributed by atoms with Gasteiger partial charge in [0.05, 0.1) is 38.6 Å². The van der Waals surface area contributed by atoms with Crippen LogP contribution in [0.1, 0.15) is 26.1 Å². The molecule has 29 heavy (non-hydrogen) atoms. The van der Waals surface area contributed by atoms with Gasteiger partial charge in [-0.3, -0.25) is 4.79 Å². The molecule has 0 saturated carbocycles. The summed E-state index contributed by atoms with van der Waals surface area (Å²) < 4.78 is 3.89. The summed E-state index contributed by atoms with van der Waals surface area (Å²) in [6, 6.07) is 0.0401. The molecule has 1 aromatic rings. The van der Waals surface area contributed by atoms with Crippen molar-refractivity contribution in [3.63, 3.8) is 0 Å². The van der Waals surface area contributed by atoms with Crippen LogP contribution in [-0.2, 0) is 30.1 Å². The highest BCUT2D eigenvalue weighted by Crippen LogP contribution is 2.51. The van der Waals surface area contributed by atoms with Crippen LogP contribution in [-0.4, -0.2) is 66.8 Å². The summed E-state index contributed by atoms with van der Waals surface area (Å²) in [4.78, 5) is 26.5. The van der Waals surface area contributed by atoms with E-state index >= 15 is 0 Å². The number of fused-ring (bicyclic) bond motifs is 1. The summed E-state index contributed by atoms with van der Waals surface area (Å²) in [6.45, 7) is 4.36. The molecule has 0 spiro atoms. The summed E-state index contributed by atoms with van der Waals surface area (Å²) >= 11 is 1.58. The van der Waals surface area contributed by atoms with Crippen LogP contribution < -0.4 is 9.88 Å². The van der Waals surface area contributed by atoms with E-state index in [9.17, 15) is 19.8 Å². The van der Waals surface area contributed by atoms with Gasteiger partial charge in [0.15, 0.2) is 0 Å². The lowest BCUT2D eigenvalue weighted by Gasteiger charge is -2.46. The van der Waals surface area contributed by atoms with Crippen molar-refractivity contribution in [2.75, 3.05) is 6.54 Å². The van der Waals surface area contributed by atoms with Gasteiger partial charge in [-0.2, -0.15) is 0 Å². The molecular weight excluding hydrogens is 394 g/mol. The van der Waals surface area contributed by atoms with E-state index in [1.54, 1.807) is 25.0 Å². The van der Waals surface area contributed by atoms with Gasteiger partial charge in [-0.1, -0.05) is 6.92 Å². The number of aliphatic carboxylic acids is 1. The van der Waals surface area contributed by atoms with Gasteiger partial charge in [0, 0.05) is 33.8 Å². The van der Waals surface area contributed by atoms with Crippen LogP contribution in [0, 0.1) is 11.8 Å². The number of hydrogen-bond donors (Lipinski definition) is 3. The normalized spacial score (nSPS) is 32.5. The van der Waals surface area contributed by atoms with E-state index in [0.29, 0.717) is 6.04 Å². The molecule has 3 N–H and O–H groups in total. The summed E-state index contributed by atoms with van der Waals surface area (Å²) in [5.74, 6) is -0.823. The fourth-order valence-corrected chi connectivity index (χ4v) is 6.42. The predicted molar refractivity (Wildman–Crippen MR) is 106 cm³/mol. The van der Waals surface area contributed by atoms with E-state index in [4.69, 9.17) is 0 Å². The number of carbonyl (C=O) groups excluding carboxylic acids is 1. The van der Waals surface area contributed by atoms with Gasteiger partial charge in [0.2, 0.25) is 11.7 Å². The first-order valence-corrected chi connectivity index (χ1v) is 10.8. The topological polar surface area (TPSA) is 112 Å². The van der Waals surface area contributed by atoms with Gasteiger partial charge in [0.1, 0.15) is 5.70 Å². The van der Waals surface area contributed by atoms with E-state index < -0.39 is 18.0 Å². The average Bonchev–Trinajstić information content (AvgIpc) is 3.28. The number of aromatic nitrogens is 3. The van der Waals surface area contributed by atoms with Crippen molar-refractivity contribution < 1.29 is 24.4 Å². The number of hydrogen-bond acceptors (Lipinski definition) is 6. The van der Waals surface area contributed by atoms with Crippen LogP contribution in [0.3, 0.4) is 0 Å². The number of amides is 1. The first kappa shape index (κ1) is 20.4. The molecule has 3 aliphatic heterocycles. The Morgan fingerprint density at radius 1 is 1.52 bits per heavy atom. The zero-order chi connectivity index (χ0) is 21.0. The lowest BCUT2D eigenvalue weighted by molar-refractivity contribution is -0.680. The summed E-state index contributed by atoms with van der Waals surface area (Å²) in [5.41, 5.74) is 0.107. The van der Waals surface area contributed by atoms with Crippen molar-refractivity contribution >= 4 is 23.6 Å². The number of nitrogens with one attached hydrogen (secondary N) is 1. The van der Waals surface area contributed by atoms with Gasteiger partial charge in [0.25, 0.3) is 6.33 Å². The average molecular weight is 423 g/mol. The fraction of sp³-hybridized carbons (Fsp3) is 0.684. The van der Waals surface area contributed by atoms with Gasteiger partial charge in [-0.25, -0.2) is 9.36 Å². The predicted octanol–water partition coefficient (Wildman–Crippen LogP) is -0.595. The molecule has 0 aromatic carbocycles. The molecule has 3 aliphatic rings. The molecule has 0 unspecified atom stereocenters. The van der Waals surface area contributed by atoms with Crippen LogP contribution in [0.2, 0.25) is 0 Å². The first-order valence-electron chi connectivity index (χ1n) is 9.95. The number of nitrogens with zero attached hydrogens (tertiary/aromatic N) is 4. The second kappa shape index (κ2) is 7.41. The van der Waals surface area contributed by atoms with Gasteiger partial charge in [-0.05, 0) is 13.3 Å². The van der Waals surface area contributed by atoms with E-state index in [1.807, 2.05) is 30.3 Å². The van der Waals surface area contributed by atoms with Crippen LogP contribution in [0.5, 0.6) is 0 Å². The fourth-order valence-electron chi connectivity index (χ4n) is 4.90. The van der Waals surface area contributed by atoms with Crippen LogP contribution in [0.15, 0.2) is 16.9 Å².